The molecular formula is C18H20N2O2. The van der Waals surface area contributed by atoms with Crippen molar-refractivity contribution in [3.63, 3.8) is 0 Å². The summed E-state index contributed by atoms with van der Waals surface area (Å²) < 4.78 is 5.36. The number of benzene rings is 1. The Morgan fingerprint density at radius 3 is 2.55 bits per heavy atom. The maximum absolute atomic E-state index is 10.1. The number of pyridine rings is 1. The molecule has 1 fully saturated rings. The third kappa shape index (κ3) is 3.93. The van der Waals surface area contributed by atoms with E-state index in [0.29, 0.717) is 5.75 Å². The van der Waals surface area contributed by atoms with E-state index in [1.54, 1.807) is 18.5 Å². The van der Waals surface area contributed by atoms with Gasteiger partial charge in [0, 0.05) is 37.6 Å². The van der Waals surface area contributed by atoms with Crippen LogP contribution in [-0.2, 0) is 11.3 Å². The summed E-state index contributed by atoms with van der Waals surface area (Å²) in [5.74, 6) is 0.354. The van der Waals surface area contributed by atoms with Crippen LogP contribution in [0, 0.1) is 0 Å². The van der Waals surface area contributed by atoms with Crippen molar-refractivity contribution in [1.82, 2.24) is 9.88 Å². The predicted molar refractivity (Wildman–Crippen MR) is 87.4 cm³/mol. The van der Waals surface area contributed by atoms with Gasteiger partial charge in [-0.2, -0.15) is 0 Å². The first-order chi connectivity index (χ1) is 10.8. The lowest BCUT2D eigenvalue weighted by Gasteiger charge is -2.26. The van der Waals surface area contributed by atoms with Crippen LogP contribution >= 0.6 is 0 Å². The number of morpholine rings is 1. The van der Waals surface area contributed by atoms with E-state index in [0.717, 1.165) is 49.5 Å². The molecule has 1 aliphatic heterocycles. The molecule has 0 saturated carbocycles. The number of ether oxygens (including phenoxy) is 1. The van der Waals surface area contributed by atoms with Gasteiger partial charge in [-0.05, 0) is 35.4 Å². The van der Waals surface area contributed by atoms with Gasteiger partial charge in [-0.1, -0.05) is 18.2 Å². The number of aromatic hydroxyl groups is 1. The molecule has 0 spiro atoms. The van der Waals surface area contributed by atoms with Gasteiger partial charge in [0.15, 0.2) is 0 Å². The molecule has 1 aromatic carbocycles. The predicted octanol–water partition coefficient (Wildman–Crippen LogP) is 2.79. The number of phenolic OH excluding ortho intramolecular Hbond substituents is 1. The van der Waals surface area contributed by atoms with Gasteiger partial charge in [0.05, 0.1) is 13.2 Å². The summed E-state index contributed by atoms with van der Waals surface area (Å²) >= 11 is 0. The number of rotatable bonds is 4. The van der Waals surface area contributed by atoms with Crippen LogP contribution in [0.25, 0.3) is 12.2 Å². The molecule has 1 N–H and O–H groups in total. The first kappa shape index (κ1) is 14.8. The van der Waals surface area contributed by atoms with Gasteiger partial charge in [0.2, 0.25) is 0 Å². The fourth-order valence-electron chi connectivity index (χ4n) is 2.50. The molecule has 1 aromatic heterocycles. The Kier molecular flexibility index (Phi) is 4.83. The molecule has 0 radical (unpaired) electrons. The van der Waals surface area contributed by atoms with E-state index in [4.69, 9.17) is 4.74 Å². The maximum Gasteiger partial charge on any atom is 0.120 e. The van der Waals surface area contributed by atoms with Crippen LogP contribution in [0.4, 0.5) is 0 Å². The van der Waals surface area contributed by atoms with Crippen LogP contribution in [0.5, 0.6) is 5.75 Å². The smallest absolute Gasteiger partial charge is 0.120 e. The number of aromatic nitrogens is 1. The fraction of sp³-hybridized carbons (Fsp3) is 0.278. The van der Waals surface area contributed by atoms with Crippen LogP contribution in [0.3, 0.4) is 0 Å². The molecule has 1 aliphatic rings. The van der Waals surface area contributed by atoms with Crippen molar-refractivity contribution in [3.05, 3.63) is 59.4 Å². The van der Waals surface area contributed by atoms with E-state index in [2.05, 4.69) is 16.0 Å². The summed E-state index contributed by atoms with van der Waals surface area (Å²) in [7, 11) is 0. The van der Waals surface area contributed by atoms with Crippen LogP contribution in [0.15, 0.2) is 42.7 Å². The van der Waals surface area contributed by atoms with Crippen molar-refractivity contribution in [2.45, 2.75) is 6.54 Å². The molecule has 0 amide bonds. The van der Waals surface area contributed by atoms with Gasteiger partial charge in [-0.15, -0.1) is 0 Å². The van der Waals surface area contributed by atoms with Gasteiger partial charge >= 0.3 is 0 Å². The zero-order valence-corrected chi connectivity index (χ0v) is 12.5. The Balaban J connectivity index is 1.73. The highest BCUT2D eigenvalue weighted by Gasteiger charge is 2.12. The van der Waals surface area contributed by atoms with Crippen LogP contribution < -0.4 is 0 Å². The molecule has 114 valence electrons. The van der Waals surface area contributed by atoms with Crippen molar-refractivity contribution >= 4 is 12.2 Å². The highest BCUT2D eigenvalue weighted by atomic mass is 16.5. The van der Waals surface area contributed by atoms with Gasteiger partial charge in [-0.25, -0.2) is 0 Å². The summed E-state index contributed by atoms with van der Waals surface area (Å²) in [6.07, 6.45) is 7.66. The van der Waals surface area contributed by atoms with Crippen molar-refractivity contribution in [2.75, 3.05) is 26.3 Å². The van der Waals surface area contributed by atoms with Crippen molar-refractivity contribution in [3.8, 4) is 5.75 Å². The molecule has 4 heteroatoms. The minimum atomic E-state index is 0.354. The van der Waals surface area contributed by atoms with Gasteiger partial charge in [-0.3, -0.25) is 9.88 Å². The van der Waals surface area contributed by atoms with Crippen molar-refractivity contribution in [2.24, 2.45) is 0 Å². The Morgan fingerprint density at radius 1 is 1.05 bits per heavy atom. The lowest BCUT2D eigenvalue weighted by Crippen LogP contribution is -2.35. The summed E-state index contributed by atoms with van der Waals surface area (Å²) in [5.41, 5.74) is 3.15. The molecule has 1 saturated heterocycles. The number of nitrogens with zero attached hydrogens (tertiary/aromatic N) is 2. The highest BCUT2D eigenvalue weighted by molar-refractivity contribution is 5.70. The van der Waals surface area contributed by atoms with Gasteiger partial charge < -0.3 is 9.84 Å². The molecule has 22 heavy (non-hydrogen) atoms. The average molecular weight is 296 g/mol. The molecule has 0 aliphatic carbocycles. The SMILES string of the molecule is Oc1ccc(/C=C/c2ccncc2)cc1CN1CCOCC1. The topological polar surface area (TPSA) is 45.6 Å². The second-order valence-corrected chi connectivity index (χ2v) is 5.39. The number of hydrogen-bond acceptors (Lipinski definition) is 4. The summed E-state index contributed by atoms with van der Waals surface area (Å²) in [5, 5.41) is 10.1. The summed E-state index contributed by atoms with van der Waals surface area (Å²) in [4.78, 5) is 6.31. The Hall–Kier alpha value is -2.17. The van der Waals surface area contributed by atoms with E-state index in [1.807, 2.05) is 30.3 Å². The van der Waals surface area contributed by atoms with Gasteiger partial charge in [0.1, 0.15) is 5.75 Å². The normalized spacial score (nSPS) is 16.2. The van der Waals surface area contributed by atoms with E-state index in [1.165, 1.54) is 0 Å². The molecule has 3 rings (SSSR count). The van der Waals surface area contributed by atoms with Crippen LogP contribution in [-0.4, -0.2) is 41.3 Å². The Bertz CT molecular complexity index is 635. The molecular weight excluding hydrogens is 276 g/mol. The molecule has 0 bridgehead atoms. The zero-order chi connectivity index (χ0) is 15.2. The van der Waals surface area contributed by atoms with Gasteiger partial charge in [0.25, 0.3) is 0 Å². The van der Waals surface area contributed by atoms with Crippen molar-refractivity contribution in [1.29, 1.82) is 0 Å². The van der Waals surface area contributed by atoms with E-state index in [9.17, 15) is 5.11 Å². The Morgan fingerprint density at radius 2 is 1.77 bits per heavy atom. The fourth-order valence-corrected chi connectivity index (χ4v) is 2.50. The summed E-state index contributed by atoms with van der Waals surface area (Å²) in [6.45, 7) is 4.12. The molecule has 4 nitrogen and oxygen atoms in total. The Labute approximate surface area is 130 Å². The van der Waals surface area contributed by atoms with E-state index in [-0.39, 0.29) is 0 Å². The lowest BCUT2D eigenvalue weighted by atomic mass is 10.1. The second kappa shape index (κ2) is 7.20. The van der Waals surface area contributed by atoms with Crippen LogP contribution in [0.1, 0.15) is 16.7 Å². The quantitative estimate of drug-likeness (QED) is 0.942. The molecule has 0 atom stereocenters. The van der Waals surface area contributed by atoms with E-state index >= 15 is 0 Å². The monoisotopic (exact) mass is 296 g/mol. The minimum absolute atomic E-state index is 0.354. The minimum Gasteiger partial charge on any atom is -0.508 e. The maximum atomic E-state index is 10.1. The molecule has 2 aromatic rings. The third-order valence-corrected chi connectivity index (χ3v) is 3.78. The van der Waals surface area contributed by atoms with E-state index < -0.39 is 0 Å². The first-order valence-corrected chi connectivity index (χ1v) is 7.51. The molecule has 2 heterocycles. The zero-order valence-electron chi connectivity index (χ0n) is 12.5. The summed E-state index contributed by atoms with van der Waals surface area (Å²) in [6, 6.07) is 9.66. The number of phenols is 1. The number of hydrogen-bond donors (Lipinski definition) is 1. The highest BCUT2D eigenvalue weighted by Crippen LogP contribution is 2.22. The average Bonchev–Trinajstić information content (AvgIpc) is 2.57. The van der Waals surface area contributed by atoms with Crippen LogP contribution in [0.2, 0.25) is 0 Å². The first-order valence-electron chi connectivity index (χ1n) is 7.51. The second-order valence-electron chi connectivity index (χ2n) is 5.39. The largest absolute Gasteiger partial charge is 0.508 e. The lowest BCUT2D eigenvalue weighted by molar-refractivity contribution is 0.0339. The standard InChI is InChI=1S/C18H20N2O2/c21-18-4-3-16(2-1-15-5-7-19-8-6-15)13-17(18)14-20-9-11-22-12-10-20/h1-8,13,21H,9-12,14H2/b2-1+. The van der Waals surface area contributed by atoms with Crippen molar-refractivity contribution < 1.29 is 9.84 Å². The third-order valence-electron chi connectivity index (χ3n) is 3.78. The molecule has 0 unspecified atom stereocenters.